The molecule has 0 saturated carbocycles. The molecule has 0 heterocycles. The monoisotopic (exact) mass is 691 g/mol. The molecule has 0 atom stereocenters. The standard InChI is InChI=1S/C38H61NO10/c1-3-4-5-6-7-8-9-35-10-14-37(15-11-35)48-32-30-46-28-26-44-24-22-42-20-18-41-19-21-43-23-25-45-27-29-47-31-33-49-38-16-12-36(13-17-38)39-34(2)40/h10-17H,3-9,18-33H2,1-2H3,(H,39,40). The van der Waals surface area contributed by atoms with Gasteiger partial charge in [0.1, 0.15) is 24.7 Å². The second-order valence-electron chi connectivity index (χ2n) is 11.4. The molecule has 1 amide bonds. The number of nitrogens with one attached hydrogen (secondary N) is 1. The molecule has 2 aromatic rings. The van der Waals surface area contributed by atoms with Crippen molar-refractivity contribution in [3.05, 3.63) is 54.1 Å². The van der Waals surface area contributed by atoms with E-state index in [0.717, 1.165) is 23.6 Å². The van der Waals surface area contributed by atoms with Crippen LogP contribution in [0.3, 0.4) is 0 Å². The molecular weight excluding hydrogens is 630 g/mol. The third-order valence-corrected chi connectivity index (χ3v) is 7.14. The molecule has 0 unspecified atom stereocenters. The van der Waals surface area contributed by atoms with Gasteiger partial charge < -0.3 is 47.9 Å². The fourth-order valence-corrected chi connectivity index (χ4v) is 4.56. The largest absolute Gasteiger partial charge is 0.491 e. The Labute approximate surface area is 294 Å². The Hall–Kier alpha value is -2.77. The molecule has 11 heteroatoms. The van der Waals surface area contributed by atoms with E-state index in [4.69, 9.17) is 42.6 Å². The summed E-state index contributed by atoms with van der Waals surface area (Å²) in [6.45, 7) is 11.7. The van der Waals surface area contributed by atoms with Crippen LogP contribution in [0.25, 0.3) is 0 Å². The van der Waals surface area contributed by atoms with Gasteiger partial charge >= 0.3 is 0 Å². The van der Waals surface area contributed by atoms with Gasteiger partial charge in [-0.1, -0.05) is 51.2 Å². The van der Waals surface area contributed by atoms with Gasteiger partial charge in [0.15, 0.2) is 0 Å². The van der Waals surface area contributed by atoms with Crippen LogP contribution in [-0.4, -0.2) is 112 Å². The Bertz CT molecular complexity index is 1020. The maximum Gasteiger partial charge on any atom is 0.221 e. The molecule has 0 fully saturated rings. The molecular formula is C38H61NO10. The van der Waals surface area contributed by atoms with E-state index in [0.29, 0.717) is 106 Å². The summed E-state index contributed by atoms with van der Waals surface area (Å²) in [7, 11) is 0. The van der Waals surface area contributed by atoms with Crippen LogP contribution in [0, 0.1) is 0 Å². The Kier molecular flexibility index (Phi) is 27.0. The number of anilines is 1. The molecule has 0 bridgehead atoms. The summed E-state index contributed by atoms with van der Waals surface area (Å²) in [6.07, 6.45) is 9.08. The number of hydrogen-bond donors (Lipinski definition) is 1. The van der Waals surface area contributed by atoms with E-state index >= 15 is 0 Å². The number of amides is 1. The van der Waals surface area contributed by atoms with Crippen LogP contribution < -0.4 is 14.8 Å². The van der Waals surface area contributed by atoms with Crippen molar-refractivity contribution < 1.29 is 47.4 Å². The molecule has 0 aliphatic rings. The molecule has 278 valence electrons. The molecule has 1 N–H and O–H groups in total. The molecule has 0 aliphatic carbocycles. The van der Waals surface area contributed by atoms with Gasteiger partial charge in [0.25, 0.3) is 0 Å². The topological polar surface area (TPSA) is 112 Å². The smallest absolute Gasteiger partial charge is 0.221 e. The van der Waals surface area contributed by atoms with Crippen LogP contribution in [0.15, 0.2) is 48.5 Å². The number of hydrogen-bond acceptors (Lipinski definition) is 10. The summed E-state index contributed by atoms with van der Waals surface area (Å²) in [5.41, 5.74) is 2.11. The fourth-order valence-electron chi connectivity index (χ4n) is 4.56. The van der Waals surface area contributed by atoms with Crippen molar-refractivity contribution >= 4 is 11.6 Å². The van der Waals surface area contributed by atoms with Crippen molar-refractivity contribution in [1.82, 2.24) is 0 Å². The predicted molar refractivity (Wildman–Crippen MR) is 191 cm³/mol. The number of ether oxygens (including phenoxy) is 9. The molecule has 0 aromatic heterocycles. The Morgan fingerprint density at radius 1 is 0.469 bits per heavy atom. The van der Waals surface area contributed by atoms with Crippen LogP contribution in [0.2, 0.25) is 0 Å². The lowest BCUT2D eigenvalue weighted by Crippen LogP contribution is -2.15. The predicted octanol–water partition coefficient (Wildman–Crippen LogP) is 6.12. The van der Waals surface area contributed by atoms with Gasteiger partial charge in [-0.2, -0.15) is 0 Å². The summed E-state index contributed by atoms with van der Waals surface area (Å²) in [5.74, 6) is 1.50. The highest BCUT2D eigenvalue weighted by Gasteiger charge is 2.00. The average molecular weight is 692 g/mol. The Morgan fingerprint density at radius 3 is 1.20 bits per heavy atom. The maximum absolute atomic E-state index is 11.0. The Morgan fingerprint density at radius 2 is 0.816 bits per heavy atom. The first kappa shape index (κ1) is 42.4. The third kappa shape index (κ3) is 25.8. The van der Waals surface area contributed by atoms with Gasteiger partial charge in [0.05, 0.1) is 92.5 Å². The highest BCUT2D eigenvalue weighted by atomic mass is 16.6. The molecule has 2 rings (SSSR count). The van der Waals surface area contributed by atoms with Crippen LogP contribution in [0.4, 0.5) is 5.69 Å². The molecule has 0 saturated heterocycles. The average Bonchev–Trinajstić information content (AvgIpc) is 3.11. The third-order valence-electron chi connectivity index (χ3n) is 7.14. The first-order chi connectivity index (χ1) is 24.2. The van der Waals surface area contributed by atoms with Crippen LogP contribution in [0.1, 0.15) is 57.9 Å². The zero-order valence-electron chi connectivity index (χ0n) is 30.0. The molecule has 0 aliphatic heterocycles. The molecule has 11 nitrogen and oxygen atoms in total. The van der Waals surface area contributed by atoms with Crippen LogP contribution >= 0.6 is 0 Å². The van der Waals surface area contributed by atoms with Crippen molar-refractivity contribution in [3.63, 3.8) is 0 Å². The maximum atomic E-state index is 11.0. The first-order valence-electron chi connectivity index (χ1n) is 17.9. The minimum absolute atomic E-state index is 0.105. The minimum Gasteiger partial charge on any atom is -0.491 e. The lowest BCUT2D eigenvalue weighted by molar-refractivity contribution is -0.114. The second-order valence-corrected chi connectivity index (χ2v) is 11.4. The molecule has 49 heavy (non-hydrogen) atoms. The van der Waals surface area contributed by atoms with E-state index in [1.54, 1.807) is 24.3 Å². The van der Waals surface area contributed by atoms with Gasteiger partial charge in [-0.15, -0.1) is 0 Å². The number of carbonyl (C=O) groups excluding carboxylic acids is 1. The number of benzene rings is 2. The molecule has 0 radical (unpaired) electrons. The van der Waals surface area contributed by atoms with Crippen molar-refractivity contribution in [1.29, 1.82) is 0 Å². The second kappa shape index (κ2) is 31.2. The van der Waals surface area contributed by atoms with E-state index in [1.165, 1.54) is 51.0 Å². The van der Waals surface area contributed by atoms with E-state index < -0.39 is 0 Å². The van der Waals surface area contributed by atoms with Crippen molar-refractivity contribution in [2.75, 3.05) is 111 Å². The van der Waals surface area contributed by atoms with Gasteiger partial charge in [-0.05, 0) is 54.8 Å². The van der Waals surface area contributed by atoms with E-state index in [9.17, 15) is 4.79 Å². The van der Waals surface area contributed by atoms with Crippen LogP contribution in [-0.2, 0) is 44.4 Å². The summed E-state index contributed by atoms with van der Waals surface area (Å²) in [6, 6.07) is 15.6. The lowest BCUT2D eigenvalue weighted by atomic mass is 10.0. The van der Waals surface area contributed by atoms with Gasteiger partial charge in [0.2, 0.25) is 5.91 Å². The normalized spacial score (nSPS) is 11.1. The van der Waals surface area contributed by atoms with E-state index in [1.807, 2.05) is 12.1 Å². The van der Waals surface area contributed by atoms with Gasteiger partial charge in [-0.3, -0.25) is 4.79 Å². The summed E-state index contributed by atoms with van der Waals surface area (Å²) in [5, 5.41) is 2.71. The van der Waals surface area contributed by atoms with Gasteiger partial charge in [0, 0.05) is 12.6 Å². The number of carbonyl (C=O) groups is 1. The lowest BCUT2D eigenvalue weighted by Gasteiger charge is -2.09. The van der Waals surface area contributed by atoms with Crippen LogP contribution in [0.5, 0.6) is 11.5 Å². The van der Waals surface area contributed by atoms with E-state index in [-0.39, 0.29) is 5.91 Å². The SMILES string of the molecule is CCCCCCCCc1ccc(OCCOCCOCCOCCOCCOCCOCCOCCOc2ccc(NC(C)=O)cc2)cc1. The number of unbranched alkanes of at least 4 members (excludes halogenated alkanes) is 5. The first-order valence-corrected chi connectivity index (χ1v) is 17.9. The van der Waals surface area contributed by atoms with Crippen molar-refractivity contribution in [3.8, 4) is 11.5 Å². The minimum atomic E-state index is -0.105. The van der Waals surface area contributed by atoms with Crippen molar-refractivity contribution in [2.45, 2.75) is 58.8 Å². The highest BCUT2D eigenvalue weighted by Crippen LogP contribution is 2.16. The molecule has 0 spiro atoms. The van der Waals surface area contributed by atoms with Crippen molar-refractivity contribution in [2.24, 2.45) is 0 Å². The van der Waals surface area contributed by atoms with Gasteiger partial charge in [-0.25, -0.2) is 0 Å². The fraction of sp³-hybridized carbons (Fsp3) is 0.658. The zero-order chi connectivity index (χ0) is 34.9. The highest BCUT2D eigenvalue weighted by molar-refractivity contribution is 5.88. The summed E-state index contributed by atoms with van der Waals surface area (Å²) < 4.78 is 50.0. The molecule has 2 aromatic carbocycles. The zero-order valence-corrected chi connectivity index (χ0v) is 30.0. The quantitative estimate of drug-likeness (QED) is 0.0862. The summed E-state index contributed by atoms with van der Waals surface area (Å²) >= 11 is 0. The number of rotatable bonds is 34. The van der Waals surface area contributed by atoms with E-state index in [2.05, 4.69) is 24.4 Å². The number of aryl methyl sites for hydroxylation is 1. The summed E-state index contributed by atoms with van der Waals surface area (Å²) in [4.78, 5) is 11.0. The Balaban J connectivity index is 1.22.